The van der Waals surface area contributed by atoms with Crippen molar-refractivity contribution in [1.29, 1.82) is 0 Å². The molecule has 0 spiro atoms. The quantitative estimate of drug-likeness (QED) is 0.513. The van der Waals surface area contributed by atoms with Crippen LogP contribution >= 0.6 is 0 Å². The highest BCUT2D eigenvalue weighted by molar-refractivity contribution is 5.81. The number of nitrogens with zero attached hydrogens (tertiary/aromatic N) is 3. The van der Waals surface area contributed by atoms with Crippen molar-refractivity contribution in [3.05, 3.63) is 79.5 Å². The number of H-pyrrole nitrogens is 1. The van der Waals surface area contributed by atoms with Gasteiger partial charge in [0.05, 0.1) is 11.0 Å². The molecular formula is C23H23N5O2. The van der Waals surface area contributed by atoms with Crippen molar-refractivity contribution in [3.8, 4) is 11.5 Å². The number of hydrogen-bond donors (Lipinski definition) is 2. The molecule has 2 aromatic rings. The van der Waals surface area contributed by atoms with E-state index in [0.29, 0.717) is 25.0 Å². The van der Waals surface area contributed by atoms with Crippen molar-refractivity contribution < 1.29 is 0 Å². The monoisotopic (exact) mass is 401 g/mol. The fourth-order valence-corrected chi connectivity index (χ4v) is 4.40. The summed E-state index contributed by atoms with van der Waals surface area (Å²) in [6.45, 7) is 5.33. The Bertz CT molecular complexity index is 1350. The fraction of sp³-hybridized carbons (Fsp3) is 0.304. The summed E-state index contributed by atoms with van der Waals surface area (Å²) in [5.74, 6) is 0.327. The lowest BCUT2D eigenvalue weighted by Gasteiger charge is -2.19. The molecule has 152 valence electrons. The van der Waals surface area contributed by atoms with Crippen LogP contribution in [0.15, 0.2) is 46.0 Å². The third kappa shape index (κ3) is 3.11. The molecule has 7 heteroatoms. The molecule has 2 heterocycles. The Balaban J connectivity index is 1.54. The van der Waals surface area contributed by atoms with Gasteiger partial charge in [0.15, 0.2) is 11.5 Å². The maximum Gasteiger partial charge on any atom is 0.349 e. The van der Waals surface area contributed by atoms with Gasteiger partial charge in [-0.2, -0.15) is 4.98 Å². The lowest BCUT2D eigenvalue weighted by atomic mass is 10.1. The standard InChI is InChI=1S/C23H23N5O2/c1-13-11-18-19(12-14(13)2)28(21-20(25-18)22(29)27-23(30)26-21)10-9-24-17-8-7-15-5-3-4-6-16(15)17/h3-6,11-12,17,24H,7-10H2,1-2H3,(H,27,29,30). The first kappa shape index (κ1) is 18.7. The molecule has 7 nitrogen and oxygen atoms in total. The van der Waals surface area contributed by atoms with Gasteiger partial charge in [-0.3, -0.25) is 9.78 Å². The Morgan fingerprint density at radius 3 is 2.80 bits per heavy atom. The first-order chi connectivity index (χ1) is 14.5. The van der Waals surface area contributed by atoms with Crippen LogP contribution in [0.25, 0.3) is 22.6 Å². The Kier molecular flexibility index (Phi) is 4.47. The summed E-state index contributed by atoms with van der Waals surface area (Å²) < 4.78 is 1.94. The van der Waals surface area contributed by atoms with Crippen molar-refractivity contribution in [2.75, 3.05) is 6.54 Å². The van der Waals surface area contributed by atoms with Crippen LogP contribution in [0, 0.1) is 13.8 Å². The van der Waals surface area contributed by atoms with E-state index in [2.05, 4.69) is 50.6 Å². The average molecular weight is 401 g/mol. The molecule has 1 aliphatic carbocycles. The van der Waals surface area contributed by atoms with Crippen LogP contribution < -0.4 is 16.6 Å². The number of aromatic amines is 1. The van der Waals surface area contributed by atoms with Crippen molar-refractivity contribution >= 4 is 11.0 Å². The molecule has 0 aromatic heterocycles. The highest BCUT2D eigenvalue weighted by Gasteiger charge is 2.22. The maximum atomic E-state index is 12.4. The zero-order valence-electron chi connectivity index (χ0n) is 17.0. The second-order valence-electron chi connectivity index (χ2n) is 7.98. The maximum absolute atomic E-state index is 12.4. The van der Waals surface area contributed by atoms with E-state index in [9.17, 15) is 9.59 Å². The van der Waals surface area contributed by atoms with Gasteiger partial charge >= 0.3 is 5.69 Å². The van der Waals surface area contributed by atoms with Gasteiger partial charge < -0.3 is 9.88 Å². The Morgan fingerprint density at radius 2 is 1.93 bits per heavy atom. The fourth-order valence-electron chi connectivity index (χ4n) is 4.40. The lowest BCUT2D eigenvalue weighted by molar-refractivity contribution is 0.503. The molecule has 3 aliphatic rings. The summed E-state index contributed by atoms with van der Waals surface area (Å²) in [6.07, 6.45) is 2.15. The predicted molar refractivity (Wildman–Crippen MR) is 116 cm³/mol. The van der Waals surface area contributed by atoms with Crippen molar-refractivity contribution in [2.24, 2.45) is 0 Å². The number of aryl methyl sites for hydroxylation is 3. The molecule has 0 fully saturated rings. The van der Waals surface area contributed by atoms with E-state index >= 15 is 0 Å². The van der Waals surface area contributed by atoms with Gasteiger partial charge in [0.1, 0.15) is 0 Å². The van der Waals surface area contributed by atoms with Gasteiger partial charge in [0.25, 0.3) is 5.56 Å². The molecule has 30 heavy (non-hydrogen) atoms. The molecular weight excluding hydrogens is 378 g/mol. The van der Waals surface area contributed by atoms with Gasteiger partial charge in [0, 0.05) is 19.1 Å². The van der Waals surface area contributed by atoms with Crippen molar-refractivity contribution in [3.63, 3.8) is 0 Å². The van der Waals surface area contributed by atoms with E-state index in [1.165, 1.54) is 11.1 Å². The van der Waals surface area contributed by atoms with E-state index in [1.54, 1.807) is 0 Å². The van der Waals surface area contributed by atoms with E-state index in [-0.39, 0.29) is 5.69 Å². The van der Waals surface area contributed by atoms with Crippen molar-refractivity contribution in [2.45, 2.75) is 39.3 Å². The van der Waals surface area contributed by atoms with Crippen molar-refractivity contribution in [1.82, 2.24) is 24.8 Å². The second kappa shape index (κ2) is 7.18. The first-order valence-electron chi connectivity index (χ1n) is 10.2. The topological polar surface area (TPSA) is 92.7 Å². The highest BCUT2D eigenvalue weighted by Crippen LogP contribution is 2.30. The summed E-state index contributed by atoms with van der Waals surface area (Å²) in [4.78, 5) is 35.1. The molecule has 0 amide bonds. The van der Waals surface area contributed by atoms with E-state index in [1.807, 2.05) is 24.5 Å². The first-order valence-corrected chi connectivity index (χ1v) is 10.2. The smallest absolute Gasteiger partial charge is 0.321 e. The van der Waals surface area contributed by atoms with E-state index < -0.39 is 11.2 Å². The Hall–Kier alpha value is -3.32. The zero-order valence-corrected chi connectivity index (χ0v) is 17.0. The van der Waals surface area contributed by atoms with Crippen LogP contribution in [-0.2, 0) is 13.0 Å². The molecule has 1 unspecified atom stereocenters. The van der Waals surface area contributed by atoms with Gasteiger partial charge in [-0.1, -0.05) is 24.3 Å². The number of aromatic nitrogens is 4. The Morgan fingerprint density at radius 1 is 1.13 bits per heavy atom. The summed E-state index contributed by atoms with van der Waals surface area (Å²) >= 11 is 0. The van der Waals surface area contributed by atoms with Gasteiger partial charge in [-0.25, -0.2) is 9.78 Å². The normalized spacial score (nSPS) is 15.7. The summed E-state index contributed by atoms with van der Waals surface area (Å²) in [6, 6.07) is 12.9. The lowest BCUT2D eigenvalue weighted by Crippen LogP contribution is -2.31. The Labute approximate surface area is 173 Å². The summed E-state index contributed by atoms with van der Waals surface area (Å²) in [5.41, 5.74) is 5.62. The number of benzene rings is 2. The van der Waals surface area contributed by atoms with E-state index in [0.717, 1.165) is 35.0 Å². The molecule has 5 rings (SSSR count). The van der Waals surface area contributed by atoms with Crippen LogP contribution in [0.3, 0.4) is 0 Å². The highest BCUT2D eigenvalue weighted by atomic mass is 16.2. The number of fused-ring (bicyclic) bond motifs is 3. The zero-order chi connectivity index (χ0) is 20.8. The summed E-state index contributed by atoms with van der Waals surface area (Å²) in [5, 5.41) is 3.64. The molecule has 0 radical (unpaired) electrons. The minimum absolute atomic E-state index is 0.191. The number of hydrogen-bond acceptors (Lipinski definition) is 5. The van der Waals surface area contributed by atoms with Crippen LogP contribution in [0.2, 0.25) is 0 Å². The van der Waals surface area contributed by atoms with Crippen LogP contribution in [0.4, 0.5) is 0 Å². The van der Waals surface area contributed by atoms with Crippen LogP contribution in [-0.4, -0.2) is 26.1 Å². The van der Waals surface area contributed by atoms with Crippen LogP contribution in [0.1, 0.15) is 34.7 Å². The van der Waals surface area contributed by atoms with E-state index in [4.69, 9.17) is 0 Å². The minimum Gasteiger partial charge on any atom is -0.321 e. The molecule has 2 aromatic carbocycles. The summed E-state index contributed by atoms with van der Waals surface area (Å²) in [7, 11) is 0. The number of nitrogens with one attached hydrogen (secondary N) is 2. The van der Waals surface area contributed by atoms with Gasteiger partial charge in [-0.05, 0) is 61.1 Å². The third-order valence-corrected chi connectivity index (χ3v) is 6.08. The molecule has 1 atom stereocenters. The van der Waals surface area contributed by atoms with Gasteiger partial charge in [-0.15, -0.1) is 0 Å². The molecule has 2 N–H and O–H groups in total. The minimum atomic E-state index is -0.649. The predicted octanol–water partition coefficient (Wildman–Crippen LogP) is 2.48. The number of rotatable bonds is 4. The third-order valence-electron chi connectivity index (χ3n) is 6.08. The second-order valence-corrected chi connectivity index (χ2v) is 7.98. The SMILES string of the molecule is Cc1cc2nc3c(=O)[nH]c(=O)nc-3n(CCNC3CCc4ccccc43)c2cc1C. The largest absolute Gasteiger partial charge is 0.349 e. The molecule has 2 aliphatic heterocycles. The average Bonchev–Trinajstić information content (AvgIpc) is 3.13. The molecule has 0 saturated heterocycles. The molecule has 0 saturated carbocycles. The van der Waals surface area contributed by atoms with Crippen LogP contribution in [0.5, 0.6) is 0 Å². The molecule has 0 bridgehead atoms. The van der Waals surface area contributed by atoms with Gasteiger partial charge in [0.2, 0.25) is 0 Å².